The SMILES string of the molecule is CCC1CCC(C)N1C(CN)c1ccc(Cl)c(F)c1. The second-order valence-corrected chi connectivity index (χ2v) is 5.77. The minimum absolute atomic E-state index is 0.0780. The number of nitrogens with two attached hydrogens (primary N) is 1. The Labute approximate surface area is 119 Å². The Morgan fingerprint density at radius 3 is 2.79 bits per heavy atom. The fraction of sp³-hybridized carbons (Fsp3) is 0.600. The number of hydrogen-bond donors (Lipinski definition) is 1. The summed E-state index contributed by atoms with van der Waals surface area (Å²) in [5.74, 6) is -0.363. The summed E-state index contributed by atoms with van der Waals surface area (Å²) in [4.78, 5) is 2.45. The molecule has 1 aliphatic rings. The molecule has 0 bridgehead atoms. The highest BCUT2D eigenvalue weighted by Crippen LogP contribution is 2.35. The summed E-state index contributed by atoms with van der Waals surface area (Å²) in [6.07, 6.45) is 3.49. The van der Waals surface area contributed by atoms with Crippen molar-refractivity contribution in [2.45, 2.75) is 51.2 Å². The van der Waals surface area contributed by atoms with Crippen molar-refractivity contribution in [2.24, 2.45) is 5.73 Å². The second kappa shape index (κ2) is 6.21. The lowest BCUT2D eigenvalue weighted by Gasteiger charge is -2.35. The van der Waals surface area contributed by atoms with E-state index >= 15 is 0 Å². The predicted molar refractivity (Wildman–Crippen MR) is 77.8 cm³/mol. The molecule has 19 heavy (non-hydrogen) atoms. The van der Waals surface area contributed by atoms with Gasteiger partial charge >= 0.3 is 0 Å². The standard InChI is InChI=1S/C15H22ClFN2/c1-3-12-6-4-10(2)19(12)15(9-18)11-5-7-13(16)14(17)8-11/h5,7-8,10,12,15H,3-4,6,9,18H2,1-2H3. The Bertz CT molecular complexity index is 438. The molecule has 0 aromatic heterocycles. The van der Waals surface area contributed by atoms with Crippen molar-refractivity contribution >= 4 is 11.6 Å². The van der Waals surface area contributed by atoms with Gasteiger partial charge in [-0.2, -0.15) is 0 Å². The van der Waals surface area contributed by atoms with Gasteiger partial charge in [0.1, 0.15) is 5.82 Å². The van der Waals surface area contributed by atoms with E-state index in [4.69, 9.17) is 17.3 Å². The van der Waals surface area contributed by atoms with Crippen LogP contribution in [0.3, 0.4) is 0 Å². The summed E-state index contributed by atoms with van der Waals surface area (Å²) in [6, 6.07) is 6.16. The first-order valence-electron chi connectivity index (χ1n) is 7.00. The lowest BCUT2D eigenvalue weighted by Crippen LogP contribution is -2.41. The molecule has 1 aliphatic heterocycles. The van der Waals surface area contributed by atoms with E-state index in [1.54, 1.807) is 6.07 Å². The molecule has 2 rings (SSSR count). The molecule has 1 heterocycles. The minimum atomic E-state index is -0.363. The Hall–Kier alpha value is -0.640. The van der Waals surface area contributed by atoms with Gasteiger partial charge in [-0.15, -0.1) is 0 Å². The molecule has 0 aliphatic carbocycles. The molecule has 3 atom stereocenters. The number of nitrogens with zero attached hydrogens (tertiary/aromatic N) is 1. The number of hydrogen-bond acceptors (Lipinski definition) is 2. The Balaban J connectivity index is 2.30. The first kappa shape index (κ1) is 14.8. The van der Waals surface area contributed by atoms with Gasteiger partial charge in [0.2, 0.25) is 0 Å². The first-order chi connectivity index (χ1) is 9.08. The monoisotopic (exact) mass is 284 g/mol. The molecule has 1 aromatic carbocycles. The summed E-state index contributed by atoms with van der Waals surface area (Å²) in [5, 5.41) is 0.168. The second-order valence-electron chi connectivity index (χ2n) is 5.36. The zero-order valence-electron chi connectivity index (χ0n) is 11.6. The van der Waals surface area contributed by atoms with Crippen molar-refractivity contribution in [3.05, 3.63) is 34.6 Å². The van der Waals surface area contributed by atoms with Crippen LogP contribution in [-0.2, 0) is 0 Å². The summed E-state index contributed by atoms with van der Waals surface area (Å²) < 4.78 is 13.6. The molecule has 0 saturated carbocycles. The smallest absolute Gasteiger partial charge is 0.142 e. The molecule has 0 spiro atoms. The van der Waals surface area contributed by atoms with Gasteiger partial charge in [0.25, 0.3) is 0 Å². The van der Waals surface area contributed by atoms with Crippen LogP contribution in [-0.4, -0.2) is 23.5 Å². The van der Waals surface area contributed by atoms with Gasteiger partial charge in [-0.25, -0.2) is 4.39 Å². The van der Waals surface area contributed by atoms with Gasteiger partial charge in [-0.1, -0.05) is 24.6 Å². The van der Waals surface area contributed by atoms with Crippen LogP contribution in [0.5, 0.6) is 0 Å². The van der Waals surface area contributed by atoms with Gasteiger partial charge in [-0.3, -0.25) is 4.90 Å². The molecule has 0 amide bonds. The van der Waals surface area contributed by atoms with Crippen LogP contribution in [0.2, 0.25) is 5.02 Å². The third-order valence-electron chi connectivity index (χ3n) is 4.23. The van der Waals surface area contributed by atoms with Crippen molar-refractivity contribution in [1.82, 2.24) is 4.90 Å². The number of rotatable bonds is 4. The molecular formula is C15H22ClFN2. The van der Waals surface area contributed by atoms with Gasteiger partial charge in [0, 0.05) is 24.7 Å². The topological polar surface area (TPSA) is 29.3 Å². The molecule has 2 N–H and O–H groups in total. The molecule has 1 fully saturated rings. The van der Waals surface area contributed by atoms with E-state index in [1.807, 2.05) is 6.07 Å². The lowest BCUT2D eigenvalue weighted by atomic mass is 10.0. The molecule has 0 radical (unpaired) electrons. The highest BCUT2D eigenvalue weighted by molar-refractivity contribution is 6.30. The number of benzene rings is 1. The summed E-state index contributed by atoms with van der Waals surface area (Å²) in [5.41, 5.74) is 6.88. The van der Waals surface area contributed by atoms with Crippen molar-refractivity contribution in [2.75, 3.05) is 6.54 Å². The van der Waals surface area contributed by atoms with Crippen molar-refractivity contribution in [3.63, 3.8) is 0 Å². The van der Waals surface area contributed by atoms with Crippen LogP contribution in [0.15, 0.2) is 18.2 Å². The van der Waals surface area contributed by atoms with Crippen LogP contribution < -0.4 is 5.73 Å². The zero-order valence-corrected chi connectivity index (χ0v) is 12.3. The molecule has 4 heteroatoms. The van der Waals surface area contributed by atoms with Crippen LogP contribution in [0, 0.1) is 5.82 Å². The predicted octanol–water partition coefficient (Wildman–Crippen LogP) is 3.74. The van der Waals surface area contributed by atoms with Crippen molar-refractivity contribution < 1.29 is 4.39 Å². The Kier molecular flexibility index (Phi) is 4.82. The quantitative estimate of drug-likeness (QED) is 0.912. The normalized spacial score (nSPS) is 25.7. The molecule has 2 nitrogen and oxygen atoms in total. The molecular weight excluding hydrogens is 263 g/mol. The molecule has 106 valence electrons. The van der Waals surface area contributed by atoms with E-state index in [0.29, 0.717) is 18.6 Å². The third kappa shape index (κ3) is 2.93. The van der Waals surface area contributed by atoms with Gasteiger partial charge in [-0.05, 0) is 43.9 Å². The highest BCUT2D eigenvalue weighted by atomic mass is 35.5. The van der Waals surface area contributed by atoms with Crippen molar-refractivity contribution in [3.8, 4) is 0 Å². The molecule has 3 unspecified atom stereocenters. The zero-order chi connectivity index (χ0) is 14.0. The van der Waals surface area contributed by atoms with Crippen LogP contribution in [0.1, 0.15) is 44.7 Å². The van der Waals surface area contributed by atoms with Crippen LogP contribution in [0.4, 0.5) is 4.39 Å². The maximum absolute atomic E-state index is 13.6. The maximum Gasteiger partial charge on any atom is 0.142 e. The number of likely N-dealkylation sites (tertiary alicyclic amines) is 1. The van der Waals surface area contributed by atoms with Gasteiger partial charge in [0.05, 0.1) is 5.02 Å². The highest BCUT2D eigenvalue weighted by Gasteiger charge is 2.34. The Morgan fingerprint density at radius 2 is 2.21 bits per heavy atom. The molecule has 1 aromatic rings. The van der Waals surface area contributed by atoms with E-state index in [-0.39, 0.29) is 16.9 Å². The van der Waals surface area contributed by atoms with E-state index < -0.39 is 0 Å². The lowest BCUT2D eigenvalue weighted by molar-refractivity contribution is 0.136. The first-order valence-corrected chi connectivity index (χ1v) is 7.38. The van der Waals surface area contributed by atoms with Crippen LogP contribution >= 0.6 is 11.6 Å². The van der Waals surface area contributed by atoms with Gasteiger partial charge in [0.15, 0.2) is 0 Å². The largest absolute Gasteiger partial charge is 0.329 e. The van der Waals surface area contributed by atoms with Crippen LogP contribution in [0.25, 0.3) is 0 Å². The average molecular weight is 285 g/mol. The summed E-state index contributed by atoms with van der Waals surface area (Å²) in [6.45, 7) is 4.93. The third-order valence-corrected chi connectivity index (χ3v) is 4.54. The maximum atomic E-state index is 13.6. The van der Waals surface area contributed by atoms with E-state index in [9.17, 15) is 4.39 Å². The van der Waals surface area contributed by atoms with E-state index in [1.165, 1.54) is 18.9 Å². The summed E-state index contributed by atoms with van der Waals surface area (Å²) in [7, 11) is 0. The number of halogens is 2. The average Bonchev–Trinajstić information content (AvgIpc) is 2.76. The van der Waals surface area contributed by atoms with Gasteiger partial charge < -0.3 is 5.73 Å². The van der Waals surface area contributed by atoms with Crippen molar-refractivity contribution in [1.29, 1.82) is 0 Å². The molecule has 1 saturated heterocycles. The fourth-order valence-corrected chi connectivity index (χ4v) is 3.34. The Morgan fingerprint density at radius 1 is 1.47 bits per heavy atom. The van der Waals surface area contributed by atoms with E-state index in [2.05, 4.69) is 18.7 Å². The summed E-state index contributed by atoms with van der Waals surface area (Å²) >= 11 is 5.75. The minimum Gasteiger partial charge on any atom is -0.329 e. The van der Waals surface area contributed by atoms with E-state index in [0.717, 1.165) is 12.0 Å². The fourth-order valence-electron chi connectivity index (χ4n) is 3.22.